The Kier molecular flexibility index (Phi) is 1.27. The molecule has 0 unspecified atom stereocenters. The van der Waals surface area contributed by atoms with Crippen LogP contribution in [-0.4, -0.2) is 12.0 Å². The maximum Gasteiger partial charge on any atom is 0.378 e. The van der Waals surface area contributed by atoms with Crippen molar-refractivity contribution in [1.29, 1.82) is 0 Å². The Morgan fingerprint density at radius 3 is 1.71 bits per heavy atom. The monoisotopic (exact) mass is 110 g/mol. The molecule has 0 rings (SSSR count). The standard InChI is InChI=1S/C2H4F2N2O/c3-2(4,6)1(5)7/h6H2,(H2,5,7). The molecule has 0 saturated carbocycles. The summed E-state index contributed by atoms with van der Waals surface area (Å²) in [4.78, 5) is 9.37. The van der Waals surface area contributed by atoms with Crippen LogP contribution in [0.2, 0.25) is 0 Å². The number of carbonyl (C=O) groups is 1. The molecule has 0 saturated heterocycles. The van der Waals surface area contributed by atoms with Gasteiger partial charge in [0.15, 0.2) is 0 Å². The SMILES string of the molecule is NC(=O)C(N)(F)F. The van der Waals surface area contributed by atoms with Gasteiger partial charge in [-0.1, -0.05) is 0 Å². The molecule has 3 nitrogen and oxygen atoms in total. The summed E-state index contributed by atoms with van der Waals surface area (Å²) in [5.74, 6) is -1.81. The molecule has 0 spiro atoms. The van der Waals surface area contributed by atoms with Crippen molar-refractivity contribution in [3.05, 3.63) is 0 Å². The molecular formula is C2H4F2N2O. The normalized spacial score (nSPS) is 11.3. The van der Waals surface area contributed by atoms with Crippen molar-refractivity contribution < 1.29 is 13.6 Å². The van der Waals surface area contributed by atoms with Crippen LogP contribution in [-0.2, 0) is 4.79 Å². The van der Waals surface area contributed by atoms with E-state index in [0.29, 0.717) is 0 Å². The van der Waals surface area contributed by atoms with Gasteiger partial charge < -0.3 is 5.73 Å². The van der Waals surface area contributed by atoms with Gasteiger partial charge in [-0.2, -0.15) is 8.78 Å². The van der Waals surface area contributed by atoms with Gasteiger partial charge in [-0.25, -0.2) is 0 Å². The molecule has 5 heteroatoms. The summed E-state index contributed by atoms with van der Waals surface area (Å²) in [5, 5.41) is 0. The van der Waals surface area contributed by atoms with Gasteiger partial charge in [0.05, 0.1) is 0 Å². The molecule has 0 aliphatic rings. The maximum atomic E-state index is 11.1. The molecule has 0 aliphatic carbocycles. The van der Waals surface area contributed by atoms with E-state index in [9.17, 15) is 13.6 Å². The zero-order valence-electron chi connectivity index (χ0n) is 3.32. The lowest BCUT2D eigenvalue weighted by Crippen LogP contribution is -2.43. The lowest BCUT2D eigenvalue weighted by Gasteiger charge is -2.00. The minimum atomic E-state index is -3.86. The Labute approximate surface area is 38.3 Å². The first-order chi connectivity index (χ1) is 2.94. The molecule has 0 bridgehead atoms. The lowest BCUT2D eigenvalue weighted by molar-refractivity contribution is -0.140. The van der Waals surface area contributed by atoms with Crippen LogP contribution in [0.5, 0.6) is 0 Å². The first-order valence-corrected chi connectivity index (χ1v) is 1.41. The molecule has 0 fully saturated rings. The summed E-state index contributed by atoms with van der Waals surface area (Å²) in [6, 6.07) is -3.86. The van der Waals surface area contributed by atoms with Crippen molar-refractivity contribution in [3.63, 3.8) is 0 Å². The zero-order valence-corrected chi connectivity index (χ0v) is 3.32. The number of hydrogen-bond acceptors (Lipinski definition) is 2. The van der Waals surface area contributed by atoms with Gasteiger partial charge in [-0.15, -0.1) is 0 Å². The Morgan fingerprint density at radius 2 is 1.71 bits per heavy atom. The summed E-state index contributed by atoms with van der Waals surface area (Å²) >= 11 is 0. The molecule has 0 aromatic rings. The molecule has 0 aromatic heterocycles. The van der Waals surface area contributed by atoms with E-state index in [0.717, 1.165) is 0 Å². The van der Waals surface area contributed by atoms with Crippen LogP contribution >= 0.6 is 0 Å². The van der Waals surface area contributed by atoms with Crippen LogP contribution in [0, 0.1) is 0 Å². The maximum absolute atomic E-state index is 11.1. The second-order valence-electron chi connectivity index (χ2n) is 0.987. The summed E-state index contributed by atoms with van der Waals surface area (Å²) in [6.07, 6.45) is 0. The Morgan fingerprint density at radius 1 is 1.57 bits per heavy atom. The number of amides is 1. The number of primary amides is 1. The number of hydrogen-bond donors (Lipinski definition) is 2. The van der Waals surface area contributed by atoms with Crippen molar-refractivity contribution in [2.75, 3.05) is 0 Å². The Bertz CT molecular complexity index is 86.2. The van der Waals surface area contributed by atoms with Crippen LogP contribution < -0.4 is 11.5 Å². The largest absolute Gasteiger partial charge is 0.378 e. The Hall–Kier alpha value is -0.710. The minimum Gasteiger partial charge on any atom is -0.363 e. The van der Waals surface area contributed by atoms with Crippen LogP contribution in [0.15, 0.2) is 0 Å². The smallest absolute Gasteiger partial charge is 0.363 e. The number of rotatable bonds is 1. The van der Waals surface area contributed by atoms with Crippen molar-refractivity contribution in [3.8, 4) is 0 Å². The average Bonchev–Trinajstić information content (AvgIpc) is 1.31. The van der Waals surface area contributed by atoms with E-state index in [1.807, 2.05) is 0 Å². The van der Waals surface area contributed by atoms with E-state index in [1.165, 1.54) is 0 Å². The fourth-order valence-corrected chi connectivity index (χ4v) is 0. The average molecular weight is 110 g/mol. The third-order valence-electron chi connectivity index (χ3n) is 0.329. The molecule has 0 atom stereocenters. The van der Waals surface area contributed by atoms with Gasteiger partial charge in [0, 0.05) is 0 Å². The molecular weight excluding hydrogens is 106 g/mol. The van der Waals surface area contributed by atoms with Crippen LogP contribution in [0.1, 0.15) is 0 Å². The van der Waals surface area contributed by atoms with Crippen molar-refractivity contribution in [2.45, 2.75) is 6.05 Å². The van der Waals surface area contributed by atoms with Gasteiger partial charge in [0.1, 0.15) is 0 Å². The predicted octanol–water partition coefficient (Wildman–Crippen LogP) is -0.977. The highest BCUT2D eigenvalue weighted by Crippen LogP contribution is 1.99. The van der Waals surface area contributed by atoms with Gasteiger partial charge in [0.2, 0.25) is 0 Å². The molecule has 42 valence electrons. The highest BCUT2D eigenvalue weighted by molar-refractivity contribution is 5.80. The molecule has 0 heterocycles. The van der Waals surface area contributed by atoms with Crippen molar-refractivity contribution in [1.82, 2.24) is 0 Å². The molecule has 0 aromatic carbocycles. The third-order valence-corrected chi connectivity index (χ3v) is 0.329. The van der Waals surface area contributed by atoms with Crippen molar-refractivity contribution >= 4 is 5.91 Å². The van der Waals surface area contributed by atoms with E-state index in [-0.39, 0.29) is 0 Å². The predicted molar refractivity (Wildman–Crippen MR) is 18.3 cm³/mol. The van der Waals surface area contributed by atoms with Gasteiger partial charge in [-0.05, 0) is 0 Å². The topological polar surface area (TPSA) is 69.1 Å². The summed E-state index contributed by atoms with van der Waals surface area (Å²) in [7, 11) is 0. The van der Waals surface area contributed by atoms with E-state index < -0.39 is 12.0 Å². The van der Waals surface area contributed by atoms with Crippen LogP contribution in [0.3, 0.4) is 0 Å². The van der Waals surface area contributed by atoms with Crippen LogP contribution in [0.4, 0.5) is 8.78 Å². The molecule has 0 radical (unpaired) electrons. The van der Waals surface area contributed by atoms with E-state index >= 15 is 0 Å². The molecule has 4 N–H and O–H groups in total. The van der Waals surface area contributed by atoms with Crippen molar-refractivity contribution in [2.24, 2.45) is 11.5 Å². The number of nitrogens with two attached hydrogens (primary N) is 2. The number of alkyl halides is 2. The van der Waals surface area contributed by atoms with E-state index in [4.69, 9.17) is 0 Å². The van der Waals surface area contributed by atoms with Crippen LogP contribution in [0.25, 0.3) is 0 Å². The Balaban J connectivity index is 3.79. The van der Waals surface area contributed by atoms with Gasteiger partial charge in [0.25, 0.3) is 0 Å². The van der Waals surface area contributed by atoms with E-state index in [1.54, 1.807) is 0 Å². The number of carbonyl (C=O) groups excluding carboxylic acids is 1. The van der Waals surface area contributed by atoms with Gasteiger partial charge >= 0.3 is 12.0 Å². The third kappa shape index (κ3) is 2.05. The lowest BCUT2D eigenvalue weighted by atomic mass is 10.6. The second-order valence-corrected chi connectivity index (χ2v) is 0.987. The summed E-state index contributed by atoms with van der Waals surface area (Å²) in [5.41, 5.74) is 7.93. The van der Waals surface area contributed by atoms with E-state index in [2.05, 4.69) is 11.5 Å². The molecule has 0 aliphatic heterocycles. The fourth-order valence-electron chi connectivity index (χ4n) is 0. The number of halogens is 2. The highest BCUT2D eigenvalue weighted by atomic mass is 19.3. The minimum absolute atomic E-state index is 1.81. The molecule has 7 heavy (non-hydrogen) atoms. The first kappa shape index (κ1) is 6.29. The van der Waals surface area contributed by atoms with Gasteiger partial charge in [-0.3, -0.25) is 10.5 Å². The first-order valence-electron chi connectivity index (χ1n) is 1.41. The highest BCUT2D eigenvalue weighted by Gasteiger charge is 2.29. The second kappa shape index (κ2) is 1.42. The summed E-state index contributed by atoms with van der Waals surface area (Å²) in [6.45, 7) is 0. The fraction of sp³-hybridized carbons (Fsp3) is 0.500. The summed E-state index contributed by atoms with van der Waals surface area (Å²) < 4.78 is 22.3. The quantitative estimate of drug-likeness (QED) is 0.426. The zero-order chi connectivity index (χ0) is 6.08. The molecule has 1 amide bonds.